The summed E-state index contributed by atoms with van der Waals surface area (Å²) < 4.78 is 0. The first-order valence-corrected chi connectivity index (χ1v) is 7.31. The summed E-state index contributed by atoms with van der Waals surface area (Å²) in [4.78, 5) is 11.8. The fraction of sp³-hybridized carbons (Fsp3) is 0.316. The van der Waals surface area contributed by atoms with Gasteiger partial charge in [0.1, 0.15) is 0 Å². The molecule has 0 saturated heterocycles. The molecule has 0 spiro atoms. The van der Waals surface area contributed by atoms with Crippen LogP contribution in [0.4, 0.5) is 0 Å². The summed E-state index contributed by atoms with van der Waals surface area (Å²) in [7, 11) is 0. The maximum absolute atomic E-state index is 11.8. The van der Waals surface area contributed by atoms with Crippen molar-refractivity contribution in [3.8, 4) is 0 Å². The van der Waals surface area contributed by atoms with Gasteiger partial charge in [-0.3, -0.25) is 4.79 Å². The second kappa shape index (κ2) is 6.13. The second-order valence-electron chi connectivity index (χ2n) is 6.52. The number of carbonyl (C=O) groups excluding carboxylic acids is 1. The fourth-order valence-electron chi connectivity index (χ4n) is 2.45. The van der Waals surface area contributed by atoms with Gasteiger partial charge in [-0.2, -0.15) is 0 Å². The number of benzene rings is 2. The molecule has 21 heavy (non-hydrogen) atoms. The van der Waals surface area contributed by atoms with Gasteiger partial charge in [-0.15, -0.1) is 0 Å². The summed E-state index contributed by atoms with van der Waals surface area (Å²) in [5.41, 5.74) is 9.08. The Hall–Kier alpha value is -2.09. The van der Waals surface area contributed by atoms with Crippen molar-refractivity contribution in [2.75, 3.05) is 0 Å². The number of carbonyl (C=O) groups is 1. The Kier molecular flexibility index (Phi) is 4.46. The molecule has 1 unspecified atom stereocenters. The lowest BCUT2D eigenvalue weighted by Gasteiger charge is -2.20. The van der Waals surface area contributed by atoms with Crippen molar-refractivity contribution in [2.45, 2.75) is 38.5 Å². The lowest BCUT2D eigenvalue weighted by Crippen LogP contribution is -2.23. The average Bonchev–Trinajstić information content (AvgIpc) is 2.45. The molecule has 0 aliphatic rings. The quantitative estimate of drug-likeness (QED) is 0.910. The van der Waals surface area contributed by atoms with Gasteiger partial charge in [-0.25, -0.2) is 0 Å². The molecule has 1 amide bonds. The van der Waals surface area contributed by atoms with E-state index in [0.717, 1.165) is 11.1 Å². The molecule has 0 heterocycles. The highest BCUT2D eigenvalue weighted by molar-refractivity contribution is 5.82. The number of amides is 1. The molecule has 0 fully saturated rings. The van der Waals surface area contributed by atoms with Crippen LogP contribution >= 0.6 is 0 Å². The molecule has 0 aliphatic heterocycles. The first kappa shape index (κ1) is 15.3. The number of rotatable bonds is 4. The molecule has 2 aromatic rings. The SMILES string of the molecule is CC(C)(C)c1ccc(C(Cc2ccccc2)C(N)=O)cc1. The minimum absolute atomic E-state index is 0.111. The number of hydrogen-bond donors (Lipinski definition) is 1. The Balaban J connectivity index is 2.25. The number of primary amides is 1. The van der Waals surface area contributed by atoms with Crippen LogP contribution in [-0.2, 0) is 16.6 Å². The lowest BCUT2D eigenvalue weighted by atomic mass is 9.84. The molecule has 0 radical (unpaired) electrons. The Morgan fingerprint density at radius 3 is 2.05 bits per heavy atom. The van der Waals surface area contributed by atoms with Crippen LogP contribution in [0, 0.1) is 0 Å². The summed E-state index contributed by atoms with van der Waals surface area (Å²) in [5, 5.41) is 0. The Morgan fingerprint density at radius 2 is 1.57 bits per heavy atom. The van der Waals surface area contributed by atoms with E-state index < -0.39 is 0 Å². The molecular weight excluding hydrogens is 258 g/mol. The summed E-state index contributed by atoms with van der Waals surface area (Å²) >= 11 is 0. The van der Waals surface area contributed by atoms with Gasteiger partial charge < -0.3 is 5.73 Å². The number of hydrogen-bond acceptors (Lipinski definition) is 1. The van der Waals surface area contributed by atoms with E-state index in [0.29, 0.717) is 6.42 Å². The summed E-state index contributed by atoms with van der Waals surface area (Å²) in [6.07, 6.45) is 0.644. The zero-order valence-electron chi connectivity index (χ0n) is 13.0. The fourth-order valence-corrected chi connectivity index (χ4v) is 2.45. The standard InChI is InChI=1S/C19H23NO/c1-19(2,3)16-11-9-15(10-12-16)17(18(20)21)13-14-7-5-4-6-8-14/h4-12,17H,13H2,1-3H3,(H2,20,21). The van der Waals surface area contributed by atoms with Crippen LogP contribution in [0.15, 0.2) is 54.6 Å². The molecule has 2 aromatic carbocycles. The maximum Gasteiger partial charge on any atom is 0.225 e. The molecule has 2 rings (SSSR count). The number of nitrogens with two attached hydrogens (primary N) is 1. The van der Waals surface area contributed by atoms with Crippen LogP contribution in [0.3, 0.4) is 0 Å². The molecular formula is C19H23NO. The molecule has 1 atom stereocenters. The first-order chi connectivity index (χ1) is 9.88. The molecule has 0 aliphatic carbocycles. The van der Waals surface area contributed by atoms with Crippen molar-refractivity contribution in [3.63, 3.8) is 0 Å². The van der Waals surface area contributed by atoms with Crippen LogP contribution in [0.25, 0.3) is 0 Å². The maximum atomic E-state index is 11.8. The Bertz CT molecular complexity index is 594. The van der Waals surface area contributed by atoms with Crippen LogP contribution in [0.5, 0.6) is 0 Å². The highest BCUT2D eigenvalue weighted by atomic mass is 16.1. The lowest BCUT2D eigenvalue weighted by molar-refractivity contribution is -0.119. The normalized spacial score (nSPS) is 12.9. The minimum atomic E-state index is -0.276. The third kappa shape index (κ3) is 3.94. The van der Waals surface area contributed by atoms with E-state index in [1.165, 1.54) is 5.56 Å². The molecule has 0 aromatic heterocycles. The van der Waals surface area contributed by atoms with Gasteiger partial charge in [0.25, 0.3) is 0 Å². The van der Waals surface area contributed by atoms with Crippen LogP contribution in [0.1, 0.15) is 43.4 Å². The van der Waals surface area contributed by atoms with Crippen molar-refractivity contribution in [3.05, 3.63) is 71.3 Å². The summed E-state index contributed by atoms with van der Waals surface area (Å²) in [6.45, 7) is 6.53. The van der Waals surface area contributed by atoms with E-state index >= 15 is 0 Å². The van der Waals surface area contributed by atoms with Crippen molar-refractivity contribution in [1.29, 1.82) is 0 Å². The molecule has 0 saturated carbocycles. The van der Waals surface area contributed by atoms with E-state index in [4.69, 9.17) is 5.73 Å². The molecule has 2 heteroatoms. The summed E-state index contributed by atoms with van der Waals surface area (Å²) in [6, 6.07) is 18.2. The van der Waals surface area contributed by atoms with E-state index in [2.05, 4.69) is 32.9 Å². The van der Waals surface area contributed by atoms with Crippen LogP contribution in [0.2, 0.25) is 0 Å². The van der Waals surface area contributed by atoms with Crippen molar-refractivity contribution in [1.82, 2.24) is 0 Å². The highest BCUT2D eigenvalue weighted by Crippen LogP contribution is 2.26. The van der Waals surface area contributed by atoms with Crippen molar-refractivity contribution < 1.29 is 4.79 Å². The highest BCUT2D eigenvalue weighted by Gasteiger charge is 2.20. The van der Waals surface area contributed by atoms with Gasteiger partial charge in [0.2, 0.25) is 5.91 Å². The topological polar surface area (TPSA) is 43.1 Å². The predicted molar refractivity (Wildman–Crippen MR) is 87.2 cm³/mol. The minimum Gasteiger partial charge on any atom is -0.369 e. The third-order valence-corrected chi connectivity index (χ3v) is 3.81. The van der Waals surface area contributed by atoms with E-state index in [1.54, 1.807) is 0 Å². The zero-order valence-corrected chi connectivity index (χ0v) is 13.0. The van der Waals surface area contributed by atoms with Crippen LogP contribution < -0.4 is 5.73 Å². The van der Waals surface area contributed by atoms with Gasteiger partial charge in [-0.05, 0) is 28.5 Å². The van der Waals surface area contributed by atoms with Gasteiger partial charge >= 0.3 is 0 Å². The smallest absolute Gasteiger partial charge is 0.225 e. The molecule has 2 N–H and O–H groups in total. The molecule has 2 nitrogen and oxygen atoms in total. The second-order valence-corrected chi connectivity index (χ2v) is 6.52. The molecule has 0 bridgehead atoms. The largest absolute Gasteiger partial charge is 0.369 e. The van der Waals surface area contributed by atoms with Gasteiger partial charge in [0.15, 0.2) is 0 Å². The Morgan fingerprint density at radius 1 is 1.00 bits per heavy atom. The van der Waals surface area contributed by atoms with Crippen LogP contribution in [-0.4, -0.2) is 5.91 Å². The summed E-state index contributed by atoms with van der Waals surface area (Å²) in [5.74, 6) is -0.552. The van der Waals surface area contributed by atoms with Gasteiger partial charge in [0, 0.05) is 0 Å². The zero-order chi connectivity index (χ0) is 15.5. The van der Waals surface area contributed by atoms with E-state index in [9.17, 15) is 4.79 Å². The monoisotopic (exact) mass is 281 g/mol. The molecule has 110 valence electrons. The van der Waals surface area contributed by atoms with E-state index in [-0.39, 0.29) is 17.2 Å². The van der Waals surface area contributed by atoms with Gasteiger partial charge in [0.05, 0.1) is 5.92 Å². The predicted octanol–water partition coefficient (Wildman–Crippen LogP) is 3.80. The third-order valence-electron chi connectivity index (χ3n) is 3.81. The van der Waals surface area contributed by atoms with Gasteiger partial charge in [-0.1, -0.05) is 75.4 Å². The average molecular weight is 281 g/mol. The first-order valence-electron chi connectivity index (χ1n) is 7.31. The van der Waals surface area contributed by atoms with Crippen molar-refractivity contribution >= 4 is 5.91 Å². The Labute approximate surface area is 127 Å². The van der Waals surface area contributed by atoms with E-state index in [1.807, 2.05) is 42.5 Å². The van der Waals surface area contributed by atoms with Crippen molar-refractivity contribution in [2.24, 2.45) is 5.73 Å².